The number of hydrogen-bond acceptors (Lipinski definition) is 4. The van der Waals surface area contributed by atoms with Gasteiger partial charge in [-0.2, -0.15) is 0 Å². The number of likely N-dealkylation sites (tertiary alicyclic amines) is 1. The normalized spacial score (nSPS) is 26.6. The largest absolute Gasteiger partial charge is 0.490 e. The summed E-state index contributed by atoms with van der Waals surface area (Å²) in [5.41, 5.74) is 8.41. The average molecular weight is 276 g/mol. The third-order valence-corrected chi connectivity index (χ3v) is 4.53. The fourth-order valence-electron chi connectivity index (χ4n) is 3.39. The molecule has 2 atom stereocenters. The molecule has 2 aliphatic heterocycles. The molecule has 0 radical (unpaired) electrons. The van der Waals surface area contributed by atoms with Crippen LogP contribution in [-0.4, -0.2) is 38.3 Å². The molecule has 0 saturated carbocycles. The van der Waals surface area contributed by atoms with Gasteiger partial charge in [0.05, 0.1) is 13.2 Å². The zero-order chi connectivity index (χ0) is 14.1. The predicted octanol–water partition coefficient (Wildman–Crippen LogP) is 2.11. The molecule has 3 rings (SSSR count). The molecule has 4 nitrogen and oxygen atoms in total. The topological polar surface area (TPSA) is 47.7 Å². The van der Waals surface area contributed by atoms with Crippen LogP contribution in [0.2, 0.25) is 0 Å². The van der Waals surface area contributed by atoms with Gasteiger partial charge in [0.2, 0.25) is 0 Å². The number of ether oxygens (including phenoxy) is 2. The fraction of sp³-hybridized carbons (Fsp3) is 0.625. The Kier molecular flexibility index (Phi) is 3.85. The lowest BCUT2D eigenvalue weighted by Crippen LogP contribution is -2.21. The van der Waals surface area contributed by atoms with Gasteiger partial charge in [-0.25, -0.2) is 0 Å². The standard InChI is InChI=1S/C16H24N2O2/c1-11-13(14-8-12(9-17)10-18(14)2)4-5-15-16(11)20-7-3-6-19-15/h4-5,12,14H,3,6-10,17H2,1-2H3. The Morgan fingerprint density at radius 3 is 2.85 bits per heavy atom. The summed E-state index contributed by atoms with van der Waals surface area (Å²) in [4.78, 5) is 2.41. The number of nitrogens with zero attached hydrogens (tertiary/aromatic N) is 1. The number of rotatable bonds is 2. The molecular formula is C16H24N2O2. The van der Waals surface area contributed by atoms with E-state index in [9.17, 15) is 0 Å². The minimum Gasteiger partial charge on any atom is -0.490 e. The molecule has 110 valence electrons. The van der Waals surface area contributed by atoms with Crippen LogP contribution < -0.4 is 15.2 Å². The van der Waals surface area contributed by atoms with E-state index in [1.165, 1.54) is 11.1 Å². The van der Waals surface area contributed by atoms with Gasteiger partial charge in [0, 0.05) is 19.0 Å². The minimum atomic E-state index is 0.445. The van der Waals surface area contributed by atoms with Crippen LogP contribution in [0.4, 0.5) is 0 Å². The summed E-state index contributed by atoms with van der Waals surface area (Å²) >= 11 is 0. The summed E-state index contributed by atoms with van der Waals surface area (Å²) in [5.74, 6) is 2.42. The molecule has 0 amide bonds. The van der Waals surface area contributed by atoms with Crippen LogP contribution in [0.3, 0.4) is 0 Å². The molecule has 2 aliphatic rings. The Morgan fingerprint density at radius 2 is 2.10 bits per heavy atom. The number of benzene rings is 1. The van der Waals surface area contributed by atoms with Crippen LogP contribution in [0, 0.1) is 12.8 Å². The SMILES string of the molecule is Cc1c(C2CC(CN)CN2C)ccc2c1OCCCO2. The van der Waals surface area contributed by atoms with Gasteiger partial charge in [-0.05, 0) is 50.0 Å². The highest BCUT2D eigenvalue weighted by Crippen LogP contribution is 2.42. The van der Waals surface area contributed by atoms with E-state index in [0.717, 1.165) is 50.6 Å². The summed E-state index contributed by atoms with van der Waals surface area (Å²) in [6.07, 6.45) is 2.08. The third-order valence-electron chi connectivity index (χ3n) is 4.53. The first-order valence-electron chi connectivity index (χ1n) is 7.50. The predicted molar refractivity (Wildman–Crippen MR) is 79.3 cm³/mol. The minimum absolute atomic E-state index is 0.445. The second kappa shape index (κ2) is 5.62. The monoisotopic (exact) mass is 276 g/mol. The summed E-state index contributed by atoms with van der Waals surface area (Å²) < 4.78 is 11.7. The van der Waals surface area contributed by atoms with Crippen molar-refractivity contribution in [3.05, 3.63) is 23.3 Å². The molecule has 0 aliphatic carbocycles. The molecule has 1 aromatic rings. The summed E-state index contributed by atoms with van der Waals surface area (Å²) in [6, 6.07) is 4.70. The molecule has 1 saturated heterocycles. The van der Waals surface area contributed by atoms with Crippen molar-refractivity contribution in [2.24, 2.45) is 11.7 Å². The zero-order valence-electron chi connectivity index (χ0n) is 12.4. The number of fused-ring (bicyclic) bond motifs is 1. The van der Waals surface area contributed by atoms with Gasteiger partial charge in [-0.1, -0.05) is 6.07 Å². The lowest BCUT2D eigenvalue weighted by Gasteiger charge is -2.23. The first kappa shape index (κ1) is 13.7. The summed E-state index contributed by atoms with van der Waals surface area (Å²) in [7, 11) is 2.18. The van der Waals surface area contributed by atoms with Crippen molar-refractivity contribution in [3.8, 4) is 11.5 Å². The second-order valence-electron chi connectivity index (χ2n) is 5.95. The Balaban J connectivity index is 1.93. The Morgan fingerprint density at radius 1 is 1.30 bits per heavy atom. The molecule has 0 spiro atoms. The van der Waals surface area contributed by atoms with Crippen molar-refractivity contribution in [2.75, 3.05) is 33.4 Å². The first-order valence-corrected chi connectivity index (χ1v) is 7.50. The van der Waals surface area contributed by atoms with Crippen molar-refractivity contribution in [3.63, 3.8) is 0 Å². The van der Waals surface area contributed by atoms with Crippen molar-refractivity contribution < 1.29 is 9.47 Å². The van der Waals surface area contributed by atoms with Crippen molar-refractivity contribution in [1.29, 1.82) is 0 Å². The van der Waals surface area contributed by atoms with E-state index in [4.69, 9.17) is 15.2 Å². The van der Waals surface area contributed by atoms with E-state index in [0.29, 0.717) is 12.0 Å². The maximum atomic E-state index is 5.90. The molecule has 1 aromatic carbocycles. The van der Waals surface area contributed by atoms with E-state index < -0.39 is 0 Å². The van der Waals surface area contributed by atoms with Crippen molar-refractivity contribution >= 4 is 0 Å². The molecule has 2 unspecified atom stereocenters. The van der Waals surface area contributed by atoms with Crippen LogP contribution in [0.5, 0.6) is 11.5 Å². The lowest BCUT2D eigenvalue weighted by atomic mass is 9.95. The third kappa shape index (κ3) is 2.38. The Labute approximate surface area is 120 Å². The smallest absolute Gasteiger partial charge is 0.164 e. The number of nitrogens with two attached hydrogens (primary N) is 1. The van der Waals surface area contributed by atoms with Gasteiger partial charge in [-0.15, -0.1) is 0 Å². The van der Waals surface area contributed by atoms with Gasteiger partial charge in [0.25, 0.3) is 0 Å². The lowest BCUT2D eigenvalue weighted by molar-refractivity contribution is 0.295. The molecule has 4 heteroatoms. The van der Waals surface area contributed by atoms with Crippen LogP contribution in [-0.2, 0) is 0 Å². The molecular weight excluding hydrogens is 252 g/mol. The van der Waals surface area contributed by atoms with Gasteiger partial charge < -0.3 is 15.2 Å². The Bertz CT molecular complexity index is 490. The summed E-state index contributed by atoms with van der Waals surface area (Å²) in [6.45, 7) is 5.47. The zero-order valence-corrected chi connectivity index (χ0v) is 12.4. The van der Waals surface area contributed by atoms with Gasteiger partial charge in [0.1, 0.15) is 0 Å². The fourth-order valence-corrected chi connectivity index (χ4v) is 3.39. The van der Waals surface area contributed by atoms with E-state index in [2.05, 4.69) is 31.0 Å². The first-order chi connectivity index (χ1) is 9.70. The number of hydrogen-bond donors (Lipinski definition) is 1. The van der Waals surface area contributed by atoms with Gasteiger partial charge >= 0.3 is 0 Å². The van der Waals surface area contributed by atoms with Gasteiger partial charge in [-0.3, -0.25) is 4.90 Å². The molecule has 0 aromatic heterocycles. The molecule has 2 N–H and O–H groups in total. The van der Waals surface area contributed by atoms with Crippen LogP contribution in [0.15, 0.2) is 12.1 Å². The Hall–Kier alpha value is -1.26. The van der Waals surface area contributed by atoms with Crippen LogP contribution >= 0.6 is 0 Å². The highest BCUT2D eigenvalue weighted by molar-refractivity contribution is 5.51. The molecule has 2 heterocycles. The average Bonchev–Trinajstić information content (AvgIpc) is 2.67. The molecule has 0 bridgehead atoms. The maximum absolute atomic E-state index is 5.90. The van der Waals surface area contributed by atoms with E-state index >= 15 is 0 Å². The van der Waals surface area contributed by atoms with Crippen molar-refractivity contribution in [1.82, 2.24) is 4.90 Å². The highest BCUT2D eigenvalue weighted by atomic mass is 16.5. The van der Waals surface area contributed by atoms with Crippen molar-refractivity contribution in [2.45, 2.75) is 25.8 Å². The maximum Gasteiger partial charge on any atom is 0.164 e. The van der Waals surface area contributed by atoms with E-state index in [-0.39, 0.29) is 0 Å². The highest BCUT2D eigenvalue weighted by Gasteiger charge is 2.31. The second-order valence-corrected chi connectivity index (χ2v) is 5.95. The van der Waals surface area contributed by atoms with Crippen LogP contribution in [0.1, 0.15) is 30.0 Å². The summed E-state index contributed by atoms with van der Waals surface area (Å²) in [5, 5.41) is 0. The van der Waals surface area contributed by atoms with E-state index in [1.807, 2.05) is 0 Å². The van der Waals surface area contributed by atoms with Gasteiger partial charge in [0.15, 0.2) is 11.5 Å². The molecule has 1 fully saturated rings. The van der Waals surface area contributed by atoms with E-state index in [1.54, 1.807) is 0 Å². The van der Waals surface area contributed by atoms with Crippen LogP contribution in [0.25, 0.3) is 0 Å². The molecule has 20 heavy (non-hydrogen) atoms. The quantitative estimate of drug-likeness (QED) is 0.898.